The first-order chi connectivity index (χ1) is 17.3. The molecule has 0 saturated carbocycles. The Morgan fingerprint density at radius 3 is 1.20 bits per heavy atom. The van der Waals surface area contributed by atoms with Crippen LogP contribution in [0.25, 0.3) is 0 Å². The highest BCUT2D eigenvalue weighted by Gasteiger charge is 2.13. The molecule has 0 nitrogen and oxygen atoms in total. The van der Waals surface area contributed by atoms with Gasteiger partial charge < -0.3 is 0 Å². The predicted molar refractivity (Wildman–Crippen MR) is 168 cm³/mol. The van der Waals surface area contributed by atoms with Crippen molar-refractivity contribution in [1.82, 2.24) is 0 Å². The molecule has 1 aromatic carbocycles. The summed E-state index contributed by atoms with van der Waals surface area (Å²) in [5, 5.41) is 0. The molecule has 3 heteroatoms. The topological polar surface area (TPSA) is 0 Å². The zero-order valence-electron chi connectivity index (χ0n) is 23.6. The third kappa shape index (κ3) is 17.4. The van der Waals surface area contributed by atoms with Crippen molar-refractivity contribution in [2.75, 3.05) is 17.3 Å². The van der Waals surface area contributed by atoms with Gasteiger partial charge in [-0.15, -0.1) is 35.3 Å². The number of thioether (sulfide) groups is 3. The first kappa shape index (κ1) is 33.3. The Kier molecular flexibility index (Phi) is 23.4. The number of rotatable bonds is 25. The second-order valence-electron chi connectivity index (χ2n) is 10.0. The molecule has 0 unspecified atom stereocenters. The van der Waals surface area contributed by atoms with Gasteiger partial charge in [-0.3, -0.25) is 0 Å². The lowest BCUT2D eigenvalue weighted by Crippen LogP contribution is -1.94. The molecular formula is C32H57S3. The van der Waals surface area contributed by atoms with Crippen LogP contribution in [0.5, 0.6) is 0 Å². The van der Waals surface area contributed by atoms with E-state index in [1.165, 1.54) is 138 Å². The van der Waals surface area contributed by atoms with E-state index >= 15 is 0 Å². The highest BCUT2D eigenvalue weighted by molar-refractivity contribution is 8.03. The van der Waals surface area contributed by atoms with Crippen molar-refractivity contribution in [3.05, 3.63) is 24.6 Å². The fourth-order valence-electron chi connectivity index (χ4n) is 4.32. The van der Waals surface area contributed by atoms with Gasteiger partial charge in [-0.1, -0.05) is 117 Å². The highest BCUT2D eigenvalue weighted by atomic mass is 32.2. The van der Waals surface area contributed by atoms with Crippen LogP contribution in [0.3, 0.4) is 0 Å². The third-order valence-electron chi connectivity index (χ3n) is 6.62. The fraction of sp³-hybridized carbons (Fsp3) is 0.781. The molecule has 0 saturated heterocycles. The molecule has 1 radical (unpaired) electrons. The molecule has 0 amide bonds. The van der Waals surface area contributed by atoms with Gasteiger partial charge in [-0.25, -0.2) is 0 Å². The molecule has 0 heterocycles. The molecule has 35 heavy (non-hydrogen) atoms. The molecular weight excluding hydrogens is 481 g/mol. The molecule has 0 aromatic heterocycles. The summed E-state index contributed by atoms with van der Waals surface area (Å²) in [6, 6.07) is 4.93. The summed E-state index contributed by atoms with van der Waals surface area (Å²) in [6.07, 6.45) is 25.8. The molecule has 203 valence electrons. The van der Waals surface area contributed by atoms with Crippen molar-refractivity contribution in [1.29, 1.82) is 0 Å². The van der Waals surface area contributed by atoms with Gasteiger partial charge in [0, 0.05) is 14.7 Å². The van der Waals surface area contributed by atoms with Gasteiger partial charge in [0.15, 0.2) is 0 Å². The minimum absolute atomic E-state index is 0.900. The fourth-order valence-corrected chi connectivity index (χ4v) is 8.13. The lowest BCUT2D eigenvalue weighted by molar-refractivity contribution is 0.626. The molecule has 0 N–H and O–H groups in total. The van der Waals surface area contributed by atoms with E-state index < -0.39 is 0 Å². The number of hydrogen-bond donors (Lipinski definition) is 0. The number of unbranched alkanes of at least 4 members (excludes halogenated alkanes) is 15. The van der Waals surface area contributed by atoms with E-state index in [2.05, 4.69) is 75.1 Å². The summed E-state index contributed by atoms with van der Waals surface area (Å²) in [4.78, 5) is 4.67. The van der Waals surface area contributed by atoms with Gasteiger partial charge in [0.05, 0.1) is 0 Å². The average molecular weight is 538 g/mol. The van der Waals surface area contributed by atoms with Gasteiger partial charge in [-0.2, -0.15) is 0 Å². The summed E-state index contributed by atoms with van der Waals surface area (Å²) >= 11 is 6.38. The molecule has 1 rings (SSSR count). The van der Waals surface area contributed by atoms with Crippen LogP contribution in [-0.4, -0.2) is 17.3 Å². The Balaban J connectivity index is 2.69. The summed E-state index contributed by atoms with van der Waals surface area (Å²) in [5.41, 5.74) is 1.42. The second kappa shape index (κ2) is 24.6. The highest BCUT2D eigenvalue weighted by Crippen LogP contribution is 2.41. The van der Waals surface area contributed by atoms with Crippen LogP contribution < -0.4 is 0 Å². The van der Waals surface area contributed by atoms with Crippen molar-refractivity contribution in [2.45, 2.75) is 157 Å². The average Bonchev–Trinajstić information content (AvgIpc) is 2.87. The third-order valence-corrected chi connectivity index (χ3v) is 10.4. The molecule has 0 aliphatic rings. The van der Waals surface area contributed by atoms with Crippen LogP contribution in [0, 0.1) is 6.92 Å². The number of hydrogen-bond acceptors (Lipinski definition) is 3. The van der Waals surface area contributed by atoms with Crippen LogP contribution in [0.2, 0.25) is 0 Å². The molecule has 0 atom stereocenters. The first-order valence-corrected chi connectivity index (χ1v) is 18.1. The lowest BCUT2D eigenvalue weighted by Gasteiger charge is -2.16. The first-order valence-electron chi connectivity index (χ1n) is 15.1. The van der Waals surface area contributed by atoms with Gasteiger partial charge >= 0.3 is 0 Å². The molecule has 0 spiro atoms. The quantitative estimate of drug-likeness (QED) is 0.0899. The normalized spacial score (nSPS) is 11.4. The van der Waals surface area contributed by atoms with Crippen LogP contribution in [-0.2, 0) is 6.42 Å². The summed E-state index contributed by atoms with van der Waals surface area (Å²) in [6.45, 7) is 11.1. The van der Waals surface area contributed by atoms with Crippen molar-refractivity contribution >= 4 is 35.3 Å². The smallest absolute Gasteiger partial charge is 0.0344 e. The predicted octanol–water partition coefficient (Wildman–Crippen LogP) is 12.4. The van der Waals surface area contributed by atoms with Crippen LogP contribution in [0.4, 0.5) is 0 Å². The molecule has 1 aromatic rings. The second-order valence-corrected chi connectivity index (χ2v) is 13.4. The van der Waals surface area contributed by atoms with E-state index in [0.29, 0.717) is 0 Å². The van der Waals surface area contributed by atoms with Crippen molar-refractivity contribution < 1.29 is 0 Å². The maximum Gasteiger partial charge on any atom is 0.0344 e. The SMILES string of the molecule is [CH2]Cc1cc(SCCCCCCCC)c(SCCCCCCCC)c(SCCCCCCCC)c1. The standard InChI is InChI=1S/C32H57S3/c1-5-9-12-15-18-21-24-33-30-27-29(8-4)28-31(34-25-22-19-16-13-10-6-2)32(30)35-26-23-20-17-14-11-7-3/h27-28H,4-26H2,1-3H3. The van der Waals surface area contributed by atoms with E-state index in [1.54, 1.807) is 14.7 Å². The molecule has 0 aliphatic carbocycles. The largest absolute Gasteiger partial charge is 0.125 e. The Hall–Kier alpha value is 0.270. The van der Waals surface area contributed by atoms with Crippen molar-refractivity contribution in [3.8, 4) is 0 Å². The van der Waals surface area contributed by atoms with Crippen LogP contribution >= 0.6 is 35.3 Å². The Bertz CT molecular complexity index is 559. The van der Waals surface area contributed by atoms with Crippen molar-refractivity contribution in [2.24, 2.45) is 0 Å². The Labute approximate surface area is 233 Å². The van der Waals surface area contributed by atoms with Gasteiger partial charge in [0.1, 0.15) is 0 Å². The molecule has 0 fully saturated rings. The van der Waals surface area contributed by atoms with Crippen molar-refractivity contribution in [3.63, 3.8) is 0 Å². The van der Waals surface area contributed by atoms with E-state index in [1.807, 2.05) is 0 Å². The zero-order valence-corrected chi connectivity index (χ0v) is 26.1. The Morgan fingerprint density at radius 2 is 0.829 bits per heavy atom. The van der Waals surface area contributed by atoms with Gasteiger partial charge in [0.2, 0.25) is 0 Å². The molecule has 0 bridgehead atoms. The number of benzene rings is 1. The van der Waals surface area contributed by atoms with E-state index in [4.69, 9.17) is 0 Å². The van der Waals surface area contributed by atoms with E-state index in [9.17, 15) is 0 Å². The lowest BCUT2D eigenvalue weighted by atomic mass is 10.1. The van der Waals surface area contributed by atoms with Gasteiger partial charge in [-0.05, 0) is 67.6 Å². The minimum atomic E-state index is 0.900. The van der Waals surface area contributed by atoms with Crippen LogP contribution in [0.1, 0.15) is 142 Å². The maximum atomic E-state index is 4.23. The van der Waals surface area contributed by atoms with Crippen LogP contribution in [0.15, 0.2) is 26.8 Å². The van der Waals surface area contributed by atoms with E-state index in [-0.39, 0.29) is 0 Å². The zero-order chi connectivity index (χ0) is 25.4. The summed E-state index contributed by atoms with van der Waals surface area (Å²) in [5.74, 6) is 3.79. The van der Waals surface area contributed by atoms with Gasteiger partial charge in [0.25, 0.3) is 0 Å². The summed E-state index contributed by atoms with van der Waals surface area (Å²) < 4.78 is 0. The van der Waals surface area contributed by atoms with E-state index in [0.717, 1.165) is 6.42 Å². The monoisotopic (exact) mass is 537 g/mol. The minimum Gasteiger partial charge on any atom is -0.125 e. The summed E-state index contributed by atoms with van der Waals surface area (Å²) in [7, 11) is 0. The Morgan fingerprint density at radius 1 is 0.486 bits per heavy atom. The molecule has 0 aliphatic heterocycles. The maximum absolute atomic E-state index is 4.23.